The van der Waals surface area contributed by atoms with Gasteiger partial charge in [0.25, 0.3) is 0 Å². The highest BCUT2D eigenvalue weighted by Gasteiger charge is 2.19. The van der Waals surface area contributed by atoms with E-state index in [2.05, 4.69) is 106 Å². The first-order chi connectivity index (χ1) is 33.0. The summed E-state index contributed by atoms with van der Waals surface area (Å²) in [5, 5.41) is 0. The van der Waals surface area contributed by atoms with Gasteiger partial charge in [0.2, 0.25) is 0 Å². The lowest BCUT2D eigenvalue weighted by molar-refractivity contribution is -0.167. The van der Waals surface area contributed by atoms with Crippen molar-refractivity contribution >= 4 is 17.9 Å². The second-order valence-electron chi connectivity index (χ2n) is 18.5. The van der Waals surface area contributed by atoms with E-state index in [0.29, 0.717) is 19.3 Å². The smallest absolute Gasteiger partial charge is 0.306 e. The van der Waals surface area contributed by atoms with Crippen molar-refractivity contribution in [3.05, 3.63) is 85.1 Å². The summed E-state index contributed by atoms with van der Waals surface area (Å²) in [6.45, 7) is 6.43. The Morgan fingerprint density at radius 1 is 0.313 bits per heavy atom. The molecular formula is C61H104O6. The molecule has 0 amide bonds. The van der Waals surface area contributed by atoms with E-state index in [-0.39, 0.29) is 31.1 Å². The van der Waals surface area contributed by atoms with Crippen LogP contribution in [-0.2, 0) is 28.6 Å². The van der Waals surface area contributed by atoms with Crippen LogP contribution in [0.25, 0.3) is 0 Å². The Labute approximate surface area is 414 Å². The van der Waals surface area contributed by atoms with Crippen molar-refractivity contribution in [2.24, 2.45) is 0 Å². The summed E-state index contributed by atoms with van der Waals surface area (Å²) in [4.78, 5) is 38.1. The molecular weight excluding hydrogens is 829 g/mol. The molecule has 6 heteroatoms. The van der Waals surface area contributed by atoms with Crippen LogP contribution in [0, 0.1) is 0 Å². The Balaban J connectivity index is 4.32. The molecule has 0 aromatic rings. The van der Waals surface area contributed by atoms with Crippen molar-refractivity contribution in [2.45, 2.75) is 271 Å². The van der Waals surface area contributed by atoms with Crippen LogP contribution in [-0.4, -0.2) is 37.2 Å². The van der Waals surface area contributed by atoms with Crippen LogP contribution in [0.3, 0.4) is 0 Å². The number of rotatable bonds is 50. The highest BCUT2D eigenvalue weighted by atomic mass is 16.6. The van der Waals surface area contributed by atoms with E-state index in [1.807, 2.05) is 0 Å². The molecule has 0 rings (SSSR count). The average Bonchev–Trinajstić information content (AvgIpc) is 3.33. The summed E-state index contributed by atoms with van der Waals surface area (Å²) >= 11 is 0. The second-order valence-corrected chi connectivity index (χ2v) is 18.5. The summed E-state index contributed by atoms with van der Waals surface area (Å²) in [5.41, 5.74) is 0. The van der Waals surface area contributed by atoms with Gasteiger partial charge in [-0.25, -0.2) is 0 Å². The molecule has 1 unspecified atom stereocenters. The molecule has 0 bridgehead atoms. The molecule has 0 aromatic carbocycles. The molecule has 0 spiro atoms. The minimum absolute atomic E-state index is 0.0869. The third kappa shape index (κ3) is 53.4. The van der Waals surface area contributed by atoms with Gasteiger partial charge in [-0.1, -0.05) is 221 Å². The quantitative estimate of drug-likeness (QED) is 0.0262. The lowest BCUT2D eigenvalue weighted by Gasteiger charge is -2.18. The molecule has 0 saturated carbocycles. The van der Waals surface area contributed by atoms with Gasteiger partial charge in [0.05, 0.1) is 0 Å². The lowest BCUT2D eigenvalue weighted by atomic mass is 10.1. The van der Waals surface area contributed by atoms with Crippen LogP contribution in [0.4, 0.5) is 0 Å². The molecule has 0 radical (unpaired) electrons. The Bertz CT molecular complexity index is 1300. The molecule has 67 heavy (non-hydrogen) atoms. The fourth-order valence-electron chi connectivity index (χ4n) is 7.64. The molecule has 384 valence electrons. The summed E-state index contributed by atoms with van der Waals surface area (Å²) < 4.78 is 16.8. The molecule has 0 aliphatic carbocycles. The summed E-state index contributed by atoms with van der Waals surface area (Å²) in [7, 11) is 0. The third-order valence-corrected chi connectivity index (χ3v) is 11.8. The zero-order chi connectivity index (χ0) is 48.6. The largest absolute Gasteiger partial charge is 0.462 e. The van der Waals surface area contributed by atoms with Gasteiger partial charge in [-0.3, -0.25) is 14.4 Å². The number of ether oxygens (including phenoxy) is 3. The van der Waals surface area contributed by atoms with E-state index in [1.165, 1.54) is 103 Å². The summed E-state index contributed by atoms with van der Waals surface area (Å²) in [5.74, 6) is -0.911. The maximum Gasteiger partial charge on any atom is 0.306 e. The van der Waals surface area contributed by atoms with Crippen LogP contribution >= 0.6 is 0 Å². The van der Waals surface area contributed by atoms with Gasteiger partial charge in [0.15, 0.2) is 6.10 Å². The van der Waals surface area contributed by atoms with Crippen LogP contribution in [0.15, 0.2) is 85.1 Å². The minimum atomic E-state index is -0.788. The lowest BCUT2D eigenvalue weighted by Crippen LogP contribution is -2.30. The monoisotopic (exact) mass is 933 g/mol. The molecule has 6 nitrogen and oxygen atoms in total. The van der Waals surface area contributed by atoms with Gasteiger partial charge in [0, 0.05) is 19.3 Å². The van der Waals surface area contributed by atoms with Gasteiger partial charge in [-0.15, -0.1) is 0 Å². The predicted octanol–water partition coefficient (Wildman–Crippen LogP) is 18.8. The van der Waals surface area contributed by atoms with Gasteiger partial charge in [-0.2, -0.15) is 0 Å². The SMILES string of the molecule is CC/C=C\C/C=C\C/C=C\C/C=C\CCCCCCCCCCCCC(=O)OCC(COC(=O)CCCCCCC/C=C\CCCCCC)OC(=O)CCCCCCC/C=C\C/C=C\CCC. The van der Waals surface area contributed by atoms with E-state index in [4.69, 9.17) is 14.2 Å². The third-order valence-electron chi connectivity index (χ3n) is 11.8. The van der Waals surface area contributed by atoms with Crippen LogP contribution in [0.1, 0.15) is 265 Å². The van der Waals surface area contributed by atoms with Crippen LogP contribution in [0.5, 0.6) is 0 Å². The van der Waals surface area contributed by atoms with Crippen molar-refractivity contribution in [1.29, 1.82) is 0 Å². The molecule has 0 saturated heterocycles. The van der Waals surface area contributed by atoms with E-state index in [9.17, 15) is 14.4 Å². The fourth-order valence-corrected chi connectivity index (χ4v) is 7.64. The normalized spacial score (nSPS) is 12.7. The predicted molar refractivity (Wildman–Crippen MR) is 288 cm³/mol. The van der Waals surface area contributed by atoms with Crippen molar-refractivity contribution in [3.8, 4) is 0 Å². The topological polar surface area (TPSA) is 78.9 Å². The van der Waals surface area contributed by atoms with E-state index in [1.54, 1.807) is 0 Å². The molecule has 0 aliphatic heterocycles. The Hall–Kier alpha value is -3.41. The van der Waals surface area contributed by atoms with Crippen molar-refractivity contribution < 1.29 is 28.6 Å². The maximum absolute atomic E-state index is 12.8. The molecule has 0 N–H and O–H groups in total. The van der Waals surface area contributed by atoms with Gasteiger partial charge < -0.3 is 14.2 Å². The van der Waals surface area contributed by atoms with Gasteiger partial charge >= 0.3 is 17.9 Å². The Morgan fingerprint density at radius 2 is 0.612 bits per heavy atom. The molecule has 0 aromatic heterocycles. The Kier molecular flexibility index (Phi) is 52.4. The number of allylic oxidation sites excluding steroid dienone is 14. The Morgan fingerprint density at radius 3 is 0.985 bits per heavy atom. The van der Waals surface area contributed by atoms with Gasteiger partial charge in [-0.05, 0) is 109 Å². The van der Waals surface area contributed by atoms with Crippen molar-refractivity contribution in [3.63, 3.8) is 0 Å². The standard InChI is InChI=1S/C61H104O6/c1-4-7-10-13-16-19-22-25-26-27-28-29-30-31-32-33-34-37-39-42-45-48-51-54-60(63)66-57-58(67-61(64)55-52-49-46-43-40-36-24-21-18-15-12-9-6-3)56-65-59(62)53-50-47-44-41-38-35-23-20-17-14-11-8-5-2/h7,10,12,15-16,19-21,23-26,28-29,58H,4-6,8-9,11,13-14,17-18,22,27,30-57H2,1-3H3/b10-7-,15-12-,19-16-,23-20-,24-21-,26-25-,29-28-. The second kappa shape index (κ2) is 55.2. The summed E-state index contributed by atoms with van der Waals surface area (Å²) in [6.07, 6.45) is 71.4. The maximum atomic E-state index is 12.8. The number of carbonyl (C=O) groups is 3. The van der Waals surface area contributed by atoms with Crippen LogP contribution < -0.4 is 0 Å². The molecule has 0 aliphatic rings. The number of unbranched alkanes of at least 4 members (excludes halogenated alkanes) is 25. The average molecular weight is 933 g/mol. The van der Waals surface area contributed by atoms with E-state index in [0.717, 1.165) is 122 Å². The molecule has 0 heterocycles. The fraction of sp³-hybridized carbons (Fsp3) is 0.721. The minimum Gasteiger partial charge on any atom is -0.462 e. The van der Waals surface area contributed by atoms with Crippen molar-refractivity contribution in [1.82, 2.24) is 0 Å². The first kappa shape index (κ1) is 63.6. The first-order valence-electron chi connectivity index (χ1n) is 28.1. The van der Waals surface area contributed by atoms with Gasteiger partial charge in [0.1, 0.15) is 13.2 Å². The highest BCUT2D eigenvalue weighted by molar-refractivity contribution is 5.71. The number of hydrogen-bond acceptors (Lipinski definition) is 6. The summed E-state index contributed by atoms with van der Waals surface area (Å²) in [6, 6.07) is 0. The zero-order valence-corrected chi connectivity index (χ0v) is 43.9. The van der Waals surface area contributed by atoms with Crippen LogP contribution in [0.2, 0.25) is 0 Å². The van der Waals surface area contributed by atoms with E-state index < -0.39 is 6.10 Å². The van der Waals surface area contributed by atoms with E-state index >= 15 is 0 Å². The number of hydrogen-bond donors (Lipinski definition) is 0. The highest BCUT2D eigenvalue weighted by Crippen LogP contribution is 2.15. The zero-order valence-electron chi connectivity index (χ0n) is 43.9. The number of carbonyl (C=O) groups excluding carboxylic acids is 3. The molecule has 0 fully saturated rings. The number of esters is 3. The first-order valence-corrected chi connectivity index (χ1v) is 28.1. The molecule has 1 atom stereocenters. The van der Waals surface area contributed by atoms with Crippen molar-refractivity contribution in [2.75, 3.05) is 13.2 Å².